The number of anilines is 2. The molecule has 0 saturated heterocycles. The summed E-state index contributed by atoms with van der Waals surface area (Å²) >= 11 is 0. The summed E-state index contributed by atoms with van der Waals surface area (Å²) in [6.45, 7) is 6.28. The molecule has 0 aromatic heterocycles. The van der Waals surface area contributed by atoms with E-state index >= 15 is 0 Å². The molecule has 2 aromatic rings. The number of hydrogen-bond donors (Lipinski definition) is 2. The van der Waals surface area contributed by atoms with E-state index in [9.17, 15) is 9.18 Å². The molecule has 23 heavy (non-hydrogen) atoms. The lowest BCUT2D eigenvalue weighted by molar-refractivity contribution is -0.123. The normalized spacial score (nSPS) is 11.1. The second-order valence-corrected chi connectivity index (χ2v) is 6.55. The van der Waals surface area contributed by atoms with Gasteiger partial charge in [-0.25, -0.2) is 4.39 Å². The summed E-state index contributed by atoms with van der Waals surface area (Å²) in [4.78, 5) is 11.9. The smallest absolute Gasteiger partial charge is 0.229 e. The van der Waals surface area contributed by atoms with Gasteiger partial charge in [0, 0.05) is 23.3 Å². The van der Waals surface area contributed by atoms with Crippen molar-refractivity contribution in [3.63, 3.8) is 0 Å². The first-order valence-electron chi connectivity index (χ1n) is 7.75. The monoisotopic (exact) mass is 314 g/mol. The van der Waals surface area contributed by atoms with Gasteiger partial charge in [0.25, 0.3) is 0 Å². The van der Waals surface area contributed by atoms with Crippen LogP contribution in [0.5, 0.6) is 0 Å². The molecule has 0 spiro atoms. The molecule has 0 aliphatic rings. The maximum Gasteiger partial charge on any atom is 0.229 e. The molecular formula is C19H23FN2O. The zero-order valence-electron chi connectivity index (χ0n) is 13.8. The fourth-order valence-corrected chi connectivity index (χ4v) is 2.03. The van der Waals surface area contributed by atoms with Crippen LogP contribution in [0.15, 0.2) is 48.5 Å². The maximum atomic E-state index is 13.5. The van der Waals surface area contributed by atoms with Crippen LogP contribution in [0.4, 0.5) is 15.8 Å². The minimum Gasteiger partial charge on any atom is -0.385 e. The first-order chi connectivity index (χ1) is 10.9. The van der Waals surface area contributed by atoms with Crippen molar-refractivity contribution >= 4 is 17.3 Å². The van der Waals surface area contributed by atoms with Crippen molar-refractivity contribution in [2.24, 2.45) is 5.41 Å². The average Bonchev–Trinajstić information content (AvgIpc) is 2.50. The fourth-order valence-electron chi connectivity index (χ4n) is 2.03. The summed E-state index contributed by atoms with van der Waals surface area (Å²) in [7, 11) is 0. The quantitative estimate of drug-likeness (QED) is 0.855. The lowest BCUT2D eigenvalue weighted by Gasteiger charge is -2.17. The van der Waals surface area contributed by atoms with Gasteiger partial charge in [-0.15, -0.1) is 0 Å². The number of nitrogens with one attached hydrogen (secondary N) is 2. The highest BCUT2D eigenvalue weighted by atomic mass is 19.1. The van der Waals surface area contributed by atoms with Crippen molar-refractivity contribution in [3.05, 3.63) is 59.9 Å². The predicted molar refractivity (Wildman–Crippen MR) is 93.1 cm³/mol. The zero-order valence-corrected chi connectivity index (χ0v) is 13.8. The third-order valence-electron chi connectivity index (χ3n) is 3.51. The van der Waals surface area contributed by atoms with Crippen molar-refractivity contribution in [2.75, 3.05) is 17.2 Å². The molecule has 0 heterocycles. The minimum atomic E-state index is -0.420. The summed E-state index contributed by atoms with van der Waals surface area (Å²) in [6.07, 6.45) is 0.620. The van der Waals surface area contributed by atoms with Crippen LogP contribution in [0, 0.1) is 11.2 Å². The van der Waals surface area contributed by atoms with E-state index in [2.05, 4.69) is 10.6 Å². The average molecular weight is 314 g/mol. The molecule has 4 heteroatoms. The number of benzene rings is 2. The predicted octanol–water partition coefficient (Wildman–Crippen LogP) is 4.46. The first kappa shape index (κ1) is 17.0. The Labute approximate surface area is 136 Å². The Morgan fingerprint density at radius 3 is 2.22 bits per heavy atom. The van der Waals surface area contributed by atoms with Crippen LogP contribution in [-0.2, 0) is 11.2 Å². The summed E-state index contributed by atoms with van der Waals surface area (Å²) in [5.74, 6) is -0.188. The molecule has 0 radical (unpaired) electrons. The number of hydrogen-bond acceptors (Lipinski definition) is 2. The number of carbonyl (C=O) groups excluding carboxylic acids is 1. The Bertz CT molecular complexity index is 660. The molecule has 2 rings (SSSR count). The van der Waals surface area contributed by atoms with Gasteiger partial charge in [0.15, 0.2) is 0 Å². The van der Waals surface area contributed by atoms with Crippen LogP contribution in [0.3, 0.4) is 0 Å². The molecule has 0 aliphatic heterocycles. The Balaban J connectivity index is 1.86. The van der Waals surface area contributed by atoms with E-state index < -0.39 is 5.41 Å². The second kappa shape index (κ2) is 7.27. The highest BCUT2D eigenvalue weighted by molar-refractivity contribution is 5.94. The highest BCUT2D eigenvalue weighted by Gasteiger charge is 2.20. The Hall–Kier alpha value is -2.36. The van der Waals surface area contributed by atoms with Crippen LogP contribution < -0.4 is 10.6 Å². The lowest BCUT2D eigenvalue weighted by Crippen LogP contribution is -2.27. The molecule has 0 aliphatic carbocycles. The summed E-state index contributed by atoms with van der Waals surface area (Å²) < 4.78 is 13.5. The summed E-state index contributed by atoms with van der Waals surface area (Å²) in [6, 6.07) is 14.3. The van der Waals surface area contributed by atoms with Gasteiger partial charge in [0.2, 0.25) is 5.91 Å². The number of amides is 1. The number of rotatable bonds is 5. The zero-order chi connectivity index (χ0) is 16.9. The van der Waals surface area contributed by atoms with Crippen LogP contribution in [-0.4, -0.2) is 12.5 Å². The third kappa shape index (κ3) is 5.09. The van der Waals surface area contributed by atoms with Gasteiger partial charge in [-0.05, 0) is 42.3 Å². The second-order valence-electron chi connectivity index (χ2n) is 6.55. The van der Waals surface area contributed by atoms with E-state index in [1.807, 2.05) is 51.1 Å². The molecule has 0 atom stereocenters. The third-order valence-corrected chi connectivity index (χ3v) is 3.51. The Kier molecular flexibility index (Phi) is 5.37. The molecule has 0 unspecified atom stereocenters. The van der Waals surface area contributed by atoms with Gasteiger partial charge in [0.1, 0.15) is 5.82 Å². The minimum absolute atomic E-state index is 0.0160. The van der Waals surface area contributed by atoms with E-state index in [0.717, 1.165) is 11.4 Å². The van der Waals surface area contributed by atoms with E-state index in [4.69, 9.17) is 0 Å². The Morgan fingerprint density at radius 2 is 1.61 bits per heavy atom. The van der Waals surface area contributed by atoms with Gasteiger partial charge < -0.3 is 10.6 Å². The van der Waals surface area contributed by atoms with Gasteiger partial charge in [-0.1, -0.05) is 39.0 Å². The van der Waals surface area contributed by atoms with Gasteiger partial charge in [-0.3, -0.25) is 4.79 Å². The molecule has 3 nitrogen and oxygen atoms in total. The Morgan fingerprint density at radius 1 is 1.00 bits per heavy atom. The number of carbonyl (C=O) groups is 1. The largest absolute Gasteiger partial charge is 0.385 e. The molecule has 2 aromatic carbocycles. The molecule has 0 saturated carbocycles. The molecule has 122 valence electrons. The van der Waals surface area contributed by atoms with Crippen molar-refractivity contribution in [1.29, 1.82) is 0 Å². The van der Waals surface area contributed by atoms with E-state index in [1.165, 1.54) is 6.07 Å². The van der Waals surface area contributed by atoms with Crippen LogP contribution in [0.1, 0.15) is 26.3 Å². The van der Waals surface area contributed by atoms with Gasteiger partial charge in [0.05, 0.1) is 0 Å². The standard InChI is InChI=1S/C19H23FN2O/c1-19(2,3)18(23)22-16-10-8-15(9-11-16)21-13-12-14-6-4-5-7-17(14)20/h4-11,21H,12-13H2,1-3H3,(H,22,23). The van der Waals surface area contributed by atoms with E-state index in [1.54, 1.807) is 12.1 Å². The molecule has 0 bridgehead atoms. The summed E-state index contributed by atoms with van der Waals surface area (Å²) in [5.41, 5.74) is 1.99. The van der Waals surface area contributed by atoms with Crippen molar-refractivity contribution < 1.29 is 9.18 Å². The van der Waals surface area contributed by atoms with Crippen molar-refractivity contribution in [2.45, 2.75) is 27.2 Å². The fraction of sp³-hybridized carbons (Fsp3) is 0.316. The van der Waals surface area contributed by atoms with Gasteiger partial charge in [-0.2, -0.15) is 0 Å². The molecule has 1 amide bonds. The van der Waals surface area contributed by atoms with Crippen molar-refractivity contribution in [1.82, 2.24) is 0 Å². The lowest BCUT2D eigenvalue weighted by atomic mass is 9.95. The molecule has 2 N–H and O–H groups in total. The van der Waals surface area contributed by atoms with Gasteiger partial charge >= 0.3 is 0 Å². The number of halogens is 1. The summed E-state index contributed by atoms with van der Waals surface area (Å²) in [5, 5.41) is 6.13. The highest BCUT2D eigenvalue weighted by Crippen LogP contribution is 2.19. The van der Waals surface area contributed by atoms with Crippen LogP contribution in [0.2, 0.25) is 0 Å². The van der Waals surface area contributed by atoms with E-state index in [0.29, 0.717) is 18.5 Å². The van der Waals surface area contributed by atoms with Crippen LogP contribution in [0.25, 0.3) is 0 Å². The molecular weight excluding hydrogens is 291 g/mol. The van der Waals surface area contributed by atoms with E-state index in [-0.39, 0.29) is 11.7 Å². The van der Waals surface area contributed by atoms with Crippen molar-refractivity contribution in [3.8, 4) is 0 Å². The maximum absolute atomic E-state index is 13.5. The topological polar surface area (TPSA) is 41.1 Å². The van der Waals surface area contributed by atoms with Crippen LogP contribution >= 0.6 is 0 Å². The first-order valence-corrected chi connectivity index (χ1v) is 7.75. The molecule has 0 fully saturated rings. The SMILES string of the molecule is CC(C)(C)C(=O)Nc1ccc(NCCc2ccccc2F)cc1.